The maximum atomic E-state index is 11.7. The lowest BCUT2D eigenvalue weighted by Crippen LogP contribution is -2.38. The molecular formula is C6H11ClF3NO2. The average molecular weight is 222 g/mol. The van der Waals surface area contributed by atoms with Crippen molar-refractivity contribution in [2.24, 2.45) is 0 Å². The Hall–Kier alpha value is -0.490. The summed E-state index contributed by atoms with van der Waals surface area (Å²) in [6, 6.07) is -1.31. The molecule has 0 radical (unpaired) electrons. The highest BCUT2D eigenvalue weighted by Gasteiger charge is 2.34. The second-order valence-corrected chi connectivity index (χ2v) is 2.18. The van der Waals surface area contributed by atoms with Crippen molar-refractivity contribution in [3.05, 3.63) is 0 Å². The van der Waals surface area contributed by atoms with Gasteiger partial charge in [0.15, 0.2) is 0 Å². The second-order valence-electron chi connectivity index (χ2n) is 2.18. The smallest absolute Gasteiger partial charge is 0.391 e. The minimum absolute atomic E-state index is 0. The number of rotatable bonds is 3. The summed E-state index contributed by atoms with van der Waals surface area (Å²) >= 11 is 0. The lowest BCUT2D eigenvalue weighted by molar-refractivity contribution is -0.160. The number of carbonyl (C=O) groups excluding carboxylic acids is 1. The number of esters is 1. The van der Waals surface area contributed by atoms with E-state index in [1.807, 2.05) is 0 Å². The third-order valence-corrected chi connectivity index (χ3v) is 1.27. The molecule has 13 heavy (non-hydrogen) atoms. The molecule has 0 amide bonds. The highest BCUT2D eigenvalue weighted by Crippen LogP contribution is 2.21. The van der Waals surface area contributed by atoms with Crippen molar-refractivity contribution in [1.82, 2.24) is 5.32 Å². The van der Waals surface area contributed by atoms with Crippen LogP contribution in [0.5, 0.6) is 0 Å². The van der Waals surface area contributed by atoms with Gasteiger partial charge in [-0.3, -0.25) is 4.79 Å². The van der Waals surface area contributed by atoms with Gasteiger partial charge in [0.05, 0.1) is 13.5 Å². The van der Waals surface area contributed by atoms with E-state index in [0.717, 1.165) is 7.11 Å². The Labute approximate surface area is 80.0 Å². The van der Waals surface area contributed by atoms with Gasteiger partial charge in [0.2, 0.25) is 0 Å². The van der Waals surface area contributed by atoms with Crippen molar-refractivity contribution < 1.29 is 22.7 Å². The summed E-state index contributed by atoms with van der Waals surface area (Å²) in [7, 11) is 2.32. The van der Waals surface area contributed by atoms with E-state index in [0.29, 0.717) is 0 Å². The Morgan fingerprint density at radius 1 is 1.54 bits per heavy atom. The lowest BCUT2D eigenvalue weighted by Gasteiger charge is -2.14. The van der Waals surface area contributed by atoms with Crippen LogP contribution in [0.3, 0.4) is 0 Å². The number of nitrogens with one attached hydrogen (secondary N) is 1. The summed E-state index contributed by atoms with van der Waals surface area (Å²) in [4.78, 5) is 10.6. The summed E-state index contributed by atoms with van der Waals surface area (Å²) in [5, 5.41) is 2.21. The monoisotopic (exact) mass is 221 g/mol. The van der Waals surface area contributed by atoms with E-state index >= 15 is 0 Å². The second kappa shape index (κ2) is 6.04. The molecular weight excluding hydrogens is 211 g/mol. The molecule has 0 aliphatic rings. The first-order valence-electron chi connectivity index (χ1n) is 3.22. The molecule has 0 fully saturated rings. The molecule has 7 heteroatoms. The van der Waals surface area contributed by atoms with Crippen LogP contribution < -0.4 is 5.32 Å². The fourth-order valence-electron chi connectivity index (χ4n) is 0.677. The predicted octanol–water partition coefficient (Wildman–Crippen LogP) is 1.12. The zero-order valence-electron chi connectivity index (χ0n) is 7.14. The van der Waals surface area contributed by atoms with E-state index in [2.05, 4.69) is 10.1 Å². The van der Waals surface area contributed by atoms with E-state index in [1.165, 1.54) is 7.05 Å². The van der Waals surface area contributed by atoms with Crippen LogP contribution in [0.4, 0.5) is 13.2 Å². The molecule has 0 spiro atoms. The zero-order valence-corrected chi connectivity index (χ0v) is 7.96. The topological polar surface area (TPSA) is 38.3 Å². The van der Waals surface area contributed by atoms with E-state index in [1.54, 1.807) is 0 Å². The summed E-state index contributed by atoms with van der Waals surface area (Å²) in [5.41, 5.74) is 0. The van der Waals surface area contributed by atoms with Gasteiger partial charge in [0.1, 0.15) is 6.04 Å². The molecule has 0 saturated heterocycles. The minimum atomic E-state index is -4.36. The van der Waals surface area contributed by atoms with Crippen LogP contribution in [0.25, 0.3) is 0 Å². The fourth-order valence-corrected chi connectivity index (χ4v) is 0.677. The number of halogens is 4. The summed E-state index contributed by atoms with van der Waals surface area (Å²) in [6.07, 6.45) is -5.57. The Balaban J connectivity index is 0. The standard InChI is InChI=1S/C6H10F3NO2.ClH/c1-10-4(5(11)12-2)3-6(7,8)9;/h4,10H,3H2,1-2H3;1H. The van der Waals surface area contributed by atoms with Crippen molar-refractivity contribution in [1.29, 1.82) is 0 Å². The number of likely N-dealkylation sites (N-methyl/N-ethyl adjacent to an activating group) is 1. The number of methoxy groups -OCH3 is 1. The molecule has 0 aromatic heterocycles. The van der Waals surface area contributed by atoms with E-state index in [4.69, 9.17) is 0 Å². The normalized spacial score (nSPS) is 13.0. The van der Waals surface area contributed by atoms with E-state index in [9.17, 15) is 18.0 Å². The average Bonchev–Trinajstić information content (AvgIpc) is 1.97. The molecule has 1 N–H and O–H groups in total. The largest absolute Gasteiger partial charge is 0.468 e. The van der Waals surface area contributed by atoms with Gasteiger partial charge in [-0.15, -0.1) is 12.4 Å². The third-order valence-electron chi connectivity index (χ3n) is 1.27. The highest BCUT2D eigenvalue weighted by atomic mass is 35.5. The molecule has 80 valence electrons. The van der Waals surface area contributed by atoms with Crippen LogP contribution in [0.1, 0.15) is 6.42 Å². The third kappa shape index (κ3) is 6.65. The Morgan fingerprint density at radius 2 is 2.00 bits per heavy atom. The molecule has 0 aromatic rings. The van der Waals surface area contributed by atoms with Crippen LogP contribution in [0.15, 0.2) is 0 Å². The quantitative estimate of drug-likeness (QED) is 0.726. The Kier molecular flexibility index (Phi) is 6.97. The van der Waals surface area contributed by atoms with E-state index in [-0.39, 0.29) is 12.4 Å². The number of carbonyl (C=O) groups is 1. The Morgan fingerprint density at radius 3 is 2.23 bits per heavy atom. The van der Waals surface area contributed by atoms with Gasteiger partial charge in [-0.05, 0) is 7.05 Å². The Bertz CT molecular complexity index is 162. The summed E-state index contributed by atoms with van der Waals surface area (Å²) in [5.74, 6) is -0.908. The highest BCUT2D eigenvalue weighted by molar-refractivity contribution is 5.85. The summed E-state index contributed by atoms with van der Waals surface area (Å²) < 4.78 is 39.4. The molecule has 0 rings (SSSR count). The van der Waals surface area contributed by atoms with Gasteiger partial charge in [-0.2, -0.15) is 13.2 Å². The minimum Gasteiger partial charge on any atom is -0.468 e. The summed E-state index contributed by atoms with van der Waals surface area (Å²) in [6.45, 7) is 0. The van der Waals surface area contributed by atoms with E-state index < -0.39 is 24.6 Å². The zero-order chi connectivity index (χ0) is 9.78. The van der Waals surface area contributed by atoms with Crippen molar-refractivity contribution in [3.8, 4) is 0 Å². The van der Waals surface area contributed by atoms with Crippen molar-refractivity contribution in [2.45, 2.75) is 18.6 Å². The van der Waals surface area contributed by atoms with Gasteiger partial charge in [0.25, 0.3) is 0 Å². The first-order valence-corrected chi connectivity index (χ1v) is 3.22. The molecule has 0 aliphatic carbocycles. The van der Waals surface area contributed by atoms with Crippen LogP contribution in [0, 0.1) is 0 Å². The predicted molar refractivity (Wildman–Crippen MR) is 42.8 cm³/mol. The van der Waals surface area contributed by atoms with Crippen LogP contribution >= 0.6 is 12.4 Å². The fraction of sp³-hybridized carbons (Fsp3) is 0.833. The molecule has 0 heterocycles. The van der Waals surface area contributed by atoms with Gasteiger partial charge < -0.3 is 10.1 Å². The number of ether oxygens (including phenoxy) is 1. The molecule has 1 unspecified atom stereocenters. The number of alkyl halides is 3. The van der Waals surface area contributed by atoms with Crippen molar-refractivity contribution in [2.75, 3.05) is 14.2 Å². The lowest BCUT2D eigenvalue weighted by atomic mass is 10.2. The molecule has 1 atom stereocenters. The number of hydrogen-bond acceptors (Lipinski definition) is 3. The first kappa shape index (κ1) is 15.0. The van der Waals surface area contributed by atoms with Gasteiger partial charge in [-0.1, -0.05) is 0 Å². The molecule has 0 aromatic carbocycles. The molecule has 0 aliphatic heterocycles. The van der Waals surface area contributed by atoms with Crippen LogP contribution in [-0.4, -0.2) is 32.3 Å². The first-order chi connectivity index (χ1) is 5.40. The van der Waals surface area contributed by atoms with Crippen LogP contribution in [0.2, 0.25) is 0 Å². The van der Waals surface area contributed by atoms with Gasteiger partial charge in [-0.25, -0.2) is 0 Å². The molecule has 0 saturated carbocycles. The maximum Gasteiger partial charge on any atom is 0.391 e. The molecule has 3 nitrogen and oxygen atoms in total. The number of hydrogen-bond donors (Lipinski definition) is 1. The SMILES string of the molecule is CNC(CC(F)(F)F)C(=O)OC.Cl. The van der Waals surface area contributed by atoms with Gasteiger partial charge in [0, 0.05) is 0 Å². The maximum absolute atomic E-state index is 11.7. The molecule has 0 bridgehead atoms. The van der Waals surface area contributed by atoms with Crippen LogP contribution in [-0.2, 0) is 9.53 Å². The van der Waals surface area contributed by atoms with Crippen molar-refractivity contribution in [3.63, 3.8) is 0 Å². The van der Waals surface area contributed by atoms with Crippen molar-refractivity contribution >= 4 is 18.4 Å². The van der Waals surface area contributed by atoms with Gasteiger partial charge >= 0.3 is 12.1 Å².